The molecule has 0 aromatic heterocycles. The van der Waals surface area contributed by atoms with Gasteiger partial charge in [-0.1, -0.05) is 0 Å². The van der Waals surface area contributed by atoms with Crippen molar-refractivity contribution in [2.45, 2.75) is 0 Å². The molecule has 0 aromatic rings. The first-order chi connectivity index (χ1) is 3.41. The average molecular weight is 219 g/mol. The molecule has 9 heteroatoms. The maximum atomic E-state index is 8.52. The summed E-state index contributed by atoms with van der Waals surface area (Å²) in [7, 11) is -6.00. The molecule has 0 heterocycles. The van der Waals surface area contributed by atoms with E-state index in [1.807, 2.05) is 0 Å². The van der Waals surface area contributed by atoms with Crippen LogP contribution in [-0.2, 0) is 31.5 Å². The Balaban J connectivity index is -0.0000000800. The topological polar surface area (TPSA) is 118 Å². The Bertz CT molecular complexity index is 127. The van der Waals surface area contributed by atoms with Crippen LogP contribution in [0.5, 0.6) is 0 Å². The largest absolute Gasteiger partial charge is 2.00 e. The van der Waals surface area contributed by atoms with Crippen molar-refractivity contribution in [1.29, 1.82) is 0 Å². The third-order valence-electron chi connectivity index (χ3n) is 0. The predicted octanol–water partition coefficient (Wildman–Crippen LogP) is -1.16. The van der Waals surface area contributed by atoms with Crippen molar-refractivity contribution in [2.24, 2.45) is 0 Å². The summed E-state index contributed by atoms with van der Waals surface area (Å²) in [6.45, 7) is 0. The maximum absolute atomic E-state index is 8.52. The van der Waals surface area contributed by atoms with Crippen LogP contribution in [0.4, 0.5) is 0 Å². The van der Waals surface area contributed by atoms with E-state index in [0.717, 1.165) is 0 Å². The van der Waals surface area contributed by atoms with Gasteiger partial charge in [0.2, 0.25) is 0 Å². The number of hydrogen-bond donors (Lipinski definition) is 1. The van der Waals surface area contributed by atoms with Crippen molar-refractivity contribution >= 4 is 19.1 Å². The molecule has 0 atom stereocenters. The summed E-state index contributed by atoms with van der Waals surface area (Å²) in [6, 6.07) is 0. The van der Waals surface area contributed by atoms with Gasteiger partial charge in [0.25, 0.3) is 0 Å². The summed E-state index contributed by atoms with van der Waals surface area (Å²) in [4.78, 5) is 6.99. The SMILES string of the molecule is O=PO.O=S(=O)([O-])[O-].[Ni+2]. The van der Waals surface area contributed by atoms with E-state index in [1.54, 1.807) is 0 Å². The molecule has 0 aromatic carbocycles. The third-order valence-corrected chi connectivity index (χ3v) is 0. The summed E-state index contributed by atoms with van der Waals surface area (Å²) < 4.78 is 42.5. The summed E-state index contributed by atoms with van der Waals surface area (Å²) in [5.41, 5.74) is 0. The first-order valence-corrected chi connectivity index (χ1v) is 3.15. The van der Waals surface area contributed by atoms with Crippen LogP contribution in [0.3, 0.4) is 0 Å². The molecule has 0 aliphatic rings. The second-order valence-corrected chi connectivity index (χ2v) is 1.47. The van der Waals surface area contributed by atoms with Crippen LogP contribution in [-0.4, -0.2) is 22.4 Å². The first-order valence-electron chi connectivity index (χ1n) is 1.05. The molecule has 6 nitrogen and oxygen atoms in total. The molecule has 0 spiro atoms. The molecule has 0 saturated carbocycles. The molecule has 58 valence electrons. The minimum atomic E-state index is -5.17. The van der Waals surface area contributed by atoms with Crippen molar-refractivity contribution in [3.8, 4) is 0 Å². The normalized spacial score (nSPS) is 8.78. The van der Waals surface area contributed by atoms with Gasteiger partial charge in [0.1, 0.15) is 0 Å². The molecule has 0 amide bonds. The van der Waals surface area contributed by atoms with Gasteiger partial charge in [-0.05, 0) is 0 Å². The quantitative estimate of drug-likeness (QED) is 0.237. The third kappa shape index (κ3) is 1940. The van der Waals surface area contributed by atoms with E-state index in [1.165, 1.54) is 0 Å². The second kappa shape index (κ2) is 8.42. The average Bonchev–Trinajstić information content (AvgIpc) is 1.27. The Morgan fingerprint density at radius 3 is 1.33 bits per heavy atom. The minimum Gasteiger partial charge on any atom is -0.759 e. The Morgan fingerprint density at radius 1 is 1.33 bits per heavy atom. The van der Waals surface area contributed by atoms with Gasteiger partial charge in [0.15, 0.2) is 0 Å². The number of hydrogen-bond acceptors (Lipinski definition) is 5. The smallest absolute Gasteiger partial charge is 0.759 e. The zero-order valence-electron chi connectivity index (χ0n) is 3.66. The zero-order chi connectivity index (χ0) is 7.21. The molecule has 0 aliphatic heterocycles. The molecule has 0 radical (unpaired) electrons. The van der Waals surface area contributed by atoms with Gasteiger partial charge in [-0.15, -0.1) is 0 Å². The van der Waals surface area contributed by atoms with Gasteiger partial charge in [-0.25, -0.2) is 4.57 Å². The molecule has 9 heavy (non-hydrogen) atoms. The predicted molar refractivity (Wildman–Crippen MR) is 20.3 cm³/mol. The fourth-order valence-electron chi connectivity index (χ4n) is 0. The van der Waals surface area contributed by atoms with E-state index in [9.17, 15) is 0 Å². The summed E-state index contributed by atoms with van der Waals surface area (Å²) >= 11 is 0. The van der Waals surface area contributed by atoms with Crippen molar-refractivity contribution in [3.63, 3.8) is 0 Å². The number of rotatable bonds is 0. The van der Waals surface area contributed by atoms with Crippen LogP contribution in [0, 0.1) is 0 Å². The van der Waals surface area contributed by atoms with E-state index >= 15 is 0 Å². The van der Waals surface area contributed by atoms with Crippen LogP contribution >= 0.6 is 8.69 Å². The summed E-state index contributed by atoms with van der Waals surface area (Å²) in [5, 5.41) is 0. The van der Waals surface area contributed by atoms with Gasteiger partial charge in [0, 0.05) is 10.4 Å². The van der Waals surface area contributed by atoms with Crippen molar-refractivity contribution in [1.82, 2.24) is 0 Å². The maximum Gasteiger partial charge on any atom is 2.00 e. The first kappa shape index (κ1) is 16.2. The second-order valence-electron chi connectivity index (χ2n) is 0.490. The molecule has 0 fully saturated rings. The standard InChI is InChI=1S/Ni.H2O4S.HO2P/c;1-5(2,3)4;1-3-2/h;(H2,1,2,3,4);(H,1,2)/q+2;;/p-2. The zero-order valence-corrected chi connectivity index (χ0v) is 6.36. The van der Waals surface area contributed by atoms with Crippen molar-refractivity contribution < 1.29 is 43.5 Å². The van der Waals surface area contributed by atoms with Gasteiger partial charge in [-0.2, -0.15) is 0 Å². The Labute approximate surface area is 63.1 Å². The fraction of sp³-hybridized carbons (Fsp3) is 0. The van der Waals surface area contributed by atoms with Crippen molar-refractivity contribution in [2.75, 3.05) is 0 Å². The Kier molecular flexibility index (Phi) is 15.2. The Morgan fingerprint density at radius 2 is 1.33 bits per heavy atom. The molecular formula is HNiO6PS. The van der Waals surface area contributed by atoms with Crippen LogP contribution in [0.2, 0.25) is 0 Å². The summed E-state index contributed by atoms with van der Waals surface area (Å²) in [6.07, 6.45) is 0. The molecular weight excluding hydrogens is 218 g/mol. The van der Waals surface area contributed by atoms with E-state index in [-0.39, 0.29) is 16.5 Å². The van der Waals surface area contributed by atoms with Crippen LogP contribution < -0.4 is 0 Å². The molecule has 1 N–H and O–H groups in total. The summed E-state index contributed by atoms with van der Waals surface area (Å²) in [5.74, 6) is 0. The molecule has 0 rings (SSSR count). The molecule has 0 bridgehead atoms. The fourth-order valence-corrected chi connectivity index (χ4v) is 0. The molecule has 0 unspecified atom stereocenters. The molecule has 0 aliphatic carbocycles. The Hall–Kier alpha value is 0.424. The van der Waals surface area contributed by atoms with Crippen molar-refractivity contribution in [3.05, 3.63) is 0 Å². The minimum absolute atomic E-state index is 0. The van der Waals surface area contributed by atoms with E-state index in [4.69, 9.17) is 27.0 Å². The van der Waals surface area contributed by atoms with Gasteiger partial charge in [-0.3, -0.25) is 8.42 Å². The van der Waals surface area contributed by atoms with Crippen LogP contribution in [0.25, 0.3) is 0 Å². The van der Waals surface area contributed by atoms with Crippen LogP contribution in [0.1, 0.15) is 0 Å². The van der Waals surface area contributed by atoms with Gasteiger partial charge in [0.05, 0.1) is 0 Å². The monoisotopic (exact) mass is 218 g/mol. The van der Waals surface area contributed by atoms with Crippen LogP contribution in [0.15, 0.2) is 0 Å². The van der Waals surface area contributed by atoms with Gasteiger partial charge >= 0.3 is 25.2 Å². The van der Waals surface area contributed by atoms with E-state index in [2.05, 4.69) is 0 Å². The van der Waals surface area contributed by atoms with Gasteiger partial charge < -0.3 is 14.0 Å². The van der Waals surface area contributed by atoms with E-state index in [0.29, 0.717) is 0 Å². The van der Waals surface area contributed by atoms with E-state index < -0.39 is 19.1 Å². The molecule has 0 saturated heterocycles.